The second-order valence-corrected chi connectivity index (χ2v) is 3.81. The zero-order chi connectivity index (χ0) is 11.6. The molecule has 0 fully saturated rings. The Hall–Kier alpha value is -1.01. The first kappa shape index (κ1) is 13.1. The summed E-state index contributed by atoms with van der Waals surface area (Å²) in [7, 11) is 0. The Labute approximate surface area is 101 Å². The molecule has 0 radical (unpaired) electrons. The smallest absolute Gasteiger partial charge is 0.215 e. The van der Waals surface area contributed by atoms with Gasteiger partial charge in [-0.1, -0.05) is 13.3 Å². The van der Waals surface area contributed by atoms with Gasteiger partial charge in [0.2, 0.25) is 4.77 Å². The minimum Gasteiger partial charge on any atom is -0.381 e. The number of rotatable bonds is 8. The number of hydrogen-bond acceptors (Lipinski definition) is 5. The lowest BCUT2D eigenvalue weighted by Crippen LogP contribution is -2.08. The van der Waals surface area contributed by atoms with Gasteiger partial charge in [-0.3, -0.25) is 5.10 Å². The van der Waals surface area contributed by atoms with Crippen LogP contribution in [0.5, 0.6) is 0 Å². The van der Waals surface area contributed by atoms with E-state index in [-0.39, 0.29) is 0 Å². The van der Waals surface area contributed by atoms with Crippen molar-refractivity contribution in [1.29, 1.82) is 0 Å². The summed E-state index contributed by atoms with van der Waals surface area (Å²) in [5.74, 6) is 0.706. The number of anilines is 1. The van der Waals surface area contributed by atoms with Gasteiger partial charge in [0.1, 0.15) is 5.82 Å². The molecule has 0 bridgehead atoms. The van der Waals surface area contributed by atoms with Crippen molar-refractivity contribution in [1.82, 2.24) is 15.2 Å². The third-order valence-corrected chi connectivity index (χ3v) is 2.17. The summed E-state index contributed by atoms with van der Waals surface area (Å²) in [6, 6.07) is 0. The van der Waals surface area contributed by atoms with Gasteiger partial charge in [-0.25, -0.2) is 4.98 Å². The van der Waals surface area contributed by atoms with Crippen LogP contribution in [-0.2, 0) is 4.74 Å². The van der Waals surface area contributed by atoms with E-state index >= 15 is 0 Å². The summed E-state index contributed by atoms with van der Waals surface area (Å²) >= 11 is 4.86. The Bertz CT molecular complexity index is 342. The van der Waals surface area contributed by atoms with E-state index in [2.05, 4.69) is 27.4 Å². The molecule has 0 saturated carbocycles. The molecular formula is C10H18N4OS. The Morgan fingerprint density at radius 3 is 3.00 bits per heavy atom. The number of nitrogens with one attached hydrogen (secondary N) is 2. The lowest BCUT2D eigenvalue weighted by atomic mass is 10.4. The van der Waals surface area contributed by atoms with E-state index in [0.29, 0.717) is 10.6 Å². The predicted molar refractivity (Wildman–Crippen MR) is 66.1 cm³/mol. The van der Waals surface area contributed by atoms with E-state index in [1.54, 1.807) is 6.20 Å². The van der Waals surface area contributed by atoms with Crippen LogP contribution in [0.3, 0.4) is 0 Å². The number of nitrogens with zero attached hydrogens (tertiary/aromatic N) is 2. The highest BCUT2D eigenvalue weighted by atomic mass is 32.1. The van der Waals surface area contributed by atoms with Gasteiger partial charge in [0.05, 0.1) is 6.20 Å². The van der Waals surface area contributed by atoms with Crippen LogP contribution in [0.25, 0.3) is 0 Å². The average molecular weight is 242 g/mol. The van der Waals surface area contributed by atoms with E-state index in [1.165, 1.54) is 6.42 Å². The second kappa shape index (κ2) is 8.18. The summed E-state index contributed by atoms with van der Waals surface area (Å²) in [4.78, 5) is 4.07. The van der Waals surface area contributed by atoms with Crippen molar-refractivity contribution in [2.45, 2.75) is 26.2 Å². The molecule has 1 rings (SSSR count). The van der Waals surface area contributed by atoms with E-state index in [9.17, 15) is 0 Å². The fourth-order valence-corrected chi connectivity index (χ4v) is 1.29. The highest BCUT2D eigenvalue weighted by molar-refractivity contribution is 7.71. The molecule has 0 aromatic carbocycles. The van der Waals surface area contributed by atoms with Crippen LogP contribution in [0.4, 0.5) is 5.82 Å². The molecule has 16 heavy (non-hydrogen) atoms. The Morgan fingerprint density at radius 2 is 2.25 bits per heavy atom. The molecule has 90 valence electrons. The number of ether oxygens (including phenoxy) is 1. The van der Waals surface area contributed by atoms with Crippen molar-refractivity contribution >= 4 is 18.0 Å². The quantitative estimate of drug-likeness (QED) is 0.540. The van der Waals surface area contributed by atoms with Gasteiger partial charge in [0.25, 0.3) is 0 Å². The molecule has 0 aliphatic rings. The van der Waals surface area contributed by atoms with Gasteiger partial charge in [-0.05, 0) is 25.1 Å². The van der Waals surface area contributed by atoms with Crippen molar-refractivity contribution < 1.29 is 4.74 Å². The van der Waals surface area contributed by atoms with Crippen molar-refractivity contribution in [3.63, 3.8) is 0 Å². The predicted octanol–water partition coefficient (Wildman–Crippen LogP) is 2.15. The molecule has 0 aliphatic heterocycles. The average Bonchev–Trinajstić information content (AvgIpc) is 2.28. The molecule has 0 aliphatic carbocycles. The van der Waals surface area contributed by atoms with Gasteiger partial charge >= 0.3 is 0 Å². The maximum Gasteiger partial charge on any atom is 0.215 e. The summed E-state index contributed by atoms with van der Waals surface area (Å²) in [5.41, 5.74) is 0. The van der Waals surface area contributed by atoms with Crippen LogP contribution in [0, 0.1) is 4.77 Å². The lowest BCUT2D eigenvalue weighted by molar-refractivity contribution is 0.131. The molecule has 2 N–H and O–H groups in total. The highest BCUT2D eigenvalue weighted by Crippen LogP contribution is 1.97. The van der Waals surface area contributed by atoms with Crippen molar-refractivity contribution in [3.8, 4) is 0 Å². The van der Waals surface area contributed by atoms with E-state index in [4.69, 9.17) is 17.0 Å². The molecule has 0 amide bonds. The number of aromatic amines is 1. The van der Waals surface area contributed by atoms with Crippen molar-refractivity contribution in [2.24, 2.45) is 0 Å². The minimum atomic E-state index is 0.393. The fourth-order valence-electron chi connectivity index (χ4n) is 1.14. The molecule has 0 saturated heterocycles. The number of unbranched alkanes of at least 4 members (excludes halogenated alkanes) is 1. The first-order valence-electron chi connectivity index (χ1n) is 5.56. The number of hydrogen-bond donors (Lipinski definition) is 2. The normalized spacial score (nSPS) is 10.3. The minimum absolute atomic E-state index is 0.393. The van der Waals surface area contributed by atoms with Crippen LogP contribution in [0.1, 0.15) is 26.2 Å². The highest BCUT2D eigenvalue weighted by Gasteiger charge is 1.93. The molecule has 6 heteroatoms. The zero-order valence-corrected chi connectivity index (χ0v) is 10.3. The molecule has 1 aromatic heterocycles. The zero-order valence-electron chi connectivity index (χ0n) is 9.53. The van der Waals surface area contributed by atoms with Gasteiger partial charge in [0.15, 0.2) is 0 Å². The third kappa shape index (κ3) is 5.77. The summed E-state index contributed by atoms with van der Waals surface area (Å²) in [6.45, 7) is 4.61. The molecule has 0 spiro atoms. The topological polar surface area (TPSA) is 62.8 Å². The molecule has 1 heterocycles. The molecule has 0 unspecified atom stereocenters. The van der Waals surface area contributed by atoms with Crippen LogP contribution in [0.2, 0.25) is 0 Å². The van der Waals surface area contributed by atoms with Gasteiger partial charge in [-0.15, -0.1) is 0 Å². The molecule has 1 aromatic rings. The monoisotopic (exact) mass is 242 g/mol. The fraction of sp³-hybridized carbons (Fsp3) is 0.700. The number of H-pyrrole nitrogens is 1. The Kier molecular flexibility index (Phi) is 6.67. The van der Waals surface area contributed by atoms with E-state index < -0.39 is 0 Å². The Morgan fingerprint density at radius 1 is 1.44 bits per heavy atom. The molecular weight excluding hydrogens is 224 g/mol. The van der Waals surface area contributed by atoms with Crippen LogP contribution in [0.15, 0.2) is 6.20 Å². The van der Waals surface area contributed by atoms with Crippen LogP contribution < -0.4 is 5.32 Å². The van der Waals surface area contributed by atoms with E-state index in [1.807, 2.05) is 0 Å². The molecule has 5 nitrogen and oxygen atoms in total. The summed E-state index contributed by atoms with van der Waals surface area (Å²) < 4.78 is 5.83. The maximum absolute atomic E-state index is 5.43. The number of aromatic nitrogens is 3. The lowest BCUT2D eigenvalue weighted by Gasteiger charge is -2.05. The second-order valence-electron chi connectivity index (χ2n) is 3.42. The largest absolute Gasteiger partial charge is 0.381 e. The van der Waals surface area contributed by atoms with Crippen molar-refractivity contribution in [3.05, 3.63) is 11.0 Å². The summed E-state index contributed by atoms with van der Waals surface area (Å²) in [6.07, 6.45) is 4.88. The maximum atomic E-state index is 5.43. The molecule has 0 atom stereocenters. The standard InChI is InChI=1S/C10H18N4OS/c1-2-3-6-15-7-4-5-11-9-8-12-14-10(16)13-9/h8H,2-7H2,1H3,(H2,11,13,14,16). The van der Waals surface area contributed by atoms with Gasteiger partial charge < -0.3 is 10.1 Å². The van der Waals surface area contributed by atoms with Gasteiger partial charge in [-0.2, -0.15) is 5.10 Å². The first-order chi connectivity index (χ1) is 7.83. The van der Waals surface area contributed by atoms with Gasteiger partial charge in [0, 0.05) is 19.8 Å². The SMILES string of the molecule is CCCCOCCCNc1cn[nH]c(=S)n1. The van der Waals surface area contributed by atoms with E-state index in [0.717, 1.165) is 32.6 Å². The van der Waals surface area contributed by atoms with Crippen molar-refractivity contribution in [2.75, 3.05) is 25.1 Å². The van der Waals surface area contributed by atoms with Crippen LogP contribution in [-0.4, -0.2) is 34.9 Å². The van der Waals surface area contributed by atoms with Crippen LogP contribution >= 0.6 is 12.2 Å². The first-order valence-corrected chi connectivity index (χ1v) is 5.97. The Balaban J connectivity index is 2.05. The summed E-state index contributed by atoms with van der Waals surface area (Å²) in [5, 5.41) is 9.56. The third-order valence-electron chi connectivity index (χ3n) is 1.98.